The van der Waals surface area contributed by atoms with E-state index in [1.165, 1.54) is 12.5 Å². The zero-order valence-corrected chi connectivity index (χ0v) is 15.3. The first-order valence-corrected chi connectivity index (χ1v) is 8.76. The van der Waals surface area contributed by atoms with Crippen LogP contribution < -0.4 is 10.2 Å². The van der Waals surface area contributed by atoms with E-state index in [-0.39, 0.29) is 18.2 Å². The lowest BCUT2D eigenvalue weighted by Gasteiger charge is -2.21. The summed E-state index contributed by atoms with van der Waals surface area (Å²) < 4.78 is 0. The van der Waals surface area contributed by atoms with Crippen molar-refractivity contribution in [2.24, 2.45) is 0 Å². The minimum Gasteiger partial charge on any atom is -0.352 e. The van der Waals surface area contributed by atoms with Crippen molar-refractivity contribution in [2.45, 2.75) is 33.2 Å². The molecule has 2 rings (SSSR count). The maximum atomic E-state index is 12.1. The third-order valence-corrected chi connectivity index (χ3v) is 4.40. The fourth-order valence-corrected chi connectivity index (χ4v) is 2.72. The molecule has 0 spiro atoms. The summed E-state index contributed by atoms with van der Waals surface area (Å²) in [6, 6.07) is 15.2. The van der Waals surface area contributed by atoms with Gasteiger partial charge in [-0.1, -0.05) is 48.9 Å². The van der Waals surface area contributed by atoms with Crippen LogP contribution in [0.5, 0.6) is 0 Å². The summed E-state index contributed by atoms with van der Waals surface area (Å²) >= 11 is 6.08. The first kappa shape index (κ1) is 19.0. The Morgan fingerprint density at radius 3 is 2.36 bits per heavy atom. The predicted octanol–water partition coefficient (Wildman–Crippen LogP) is 3.96. The van der Waals surface area contributed by atoms with Crippen molar-refractivity contribution in [1.82, 2.24) is 5.32 Å². The molecule has 4 nitrogen and oxygen atoms in total. The van der Waals surface area contributed by atoms with Gasteiger partial charge in [-0.25, -0.2) is 0 Å². The van der Waals surface area contributed by atoms with Gasteiger partial charge in [-0.2, -0.15) is 0 Å². The SMILES string of the molecule is CCc1ccc(N(CCC(=O)NCc2ccccc2Cl)C(C)=O)cc1. The van der Waals surface area contributed by atoms with E-state index < -0.39 is 0 Å². The van der Waals surface area contributed by atoms with Crippen molar-refractivity contribution in [3.05, 3.63) is 64.7 Å². The molecule has 0 unspecified atom stereocenters. The van der Waals surface area contributed by atoms with Gasteiger partial charge >= 0.3 is 0 Å². The number of anilines is 1. The molecule has 0 saturated carbocycles. The number of carbonyl (C=O) groups excluding carboxylic acids is 2. The number of amides is 2. The lowest BCUT2D eigenvalue weighted by molar-refractivity contribution is -0.121. The maximum absolute atomic E-state index is 12.1. The second-order valence-electron chi connectivity index (χ2n) is 5.81. The van der Waals surface area contributed by atoms with E-state index in [0.717, 1.165) is 17.7 Å². The first-order valence-electron chi connectivity index (χ1n) is 8.38. The van der Waals surface area contributed by atoms with Gasteiger partial charge in [-0.15, -0.1) is 0 Å². The van der Waals surface area contributed by atoms with Gasteiger partial charge in [0.1, 0.15) is 0 Å². The molecule has 0 fully saturated rings. The third kappa shape index (κ3) is 5.61. The molecule has 0 aliphatic rings. The molecular weight excluding hydrogens is 336 g/mol. The number of aryl methyl sites for hydroxylation is 1. The van der Waals surface area contributed by atoms with E-state index in [9.17, 15) is 9.59 Å². The standard InChI is InChI=1S/C20H23ClN2O2/c1-3-16-8-10-18(11-9-16)23(15(2)24)13-12-20(25)22-14-17-6-4-5-7-19(17)21/h4-11H,3,12-14H2,1-2H3,(H,22,25). The van der Waals surface area contributed by atoms with E-state index in [1.54, 1.807) is 11.0 Å². The van der Waals surface area contributed by atoms with Crippen LogP contribution in [0.2, 0.25) is 5.02 Å². The number of carbonyl (C=O) groups is 2. The number of nitrogens with zero attached hydrogens (tertiary/aromatic N) is 1. The van der Waals surface area contributed by atoms with Crippen molar-refractivity contribution in [3.8, 4) is 0 Å². The number of hydrogen-bond donors (Lipinski definition) is 1. The van der Waals surface area contributed by atoms with Crippen LogP contribution in [0.1, 0.15) is 31.4 Å². The summed E-state index contributed by atoms with van der Waals surface area (Å²) in [5.41, 5.74) is 2.89. The smallest absolute Gasteiger partial charge is 0.223 e. The topological polar surface area (TPSA) is 49.4 Å². The van der Waals surface area contributed by atoms with Crippen LogP contribution in [0.3, 0.4) is 0 Å². The molecule has 0 aliphatic carbocycles. The molecular formula is C20H23ClN2O2. The summed E-state index contributed by atoms with van der Waals surface area (Å²) in [6.45, 7) is 4.31. The number of benzene rings is 2. The minimum atomic E-state index is -0.114. The van der Waals surface area contributed by atoms with E-state index in [4.69, 9.17) is 11.6 Å². The Labute approximate surface area is 153 Å². The van der Waals surface area contributed by atoms with Crippen molar-refractivity contribution < 1.29 is 9.59 Å². The average Bonchev–Trinajstić information content (AvgIpc) is 2.61. The second-order valence-corrected chi connectivity index (χ2v) is 6.22. The van der Waals surface area contributed by atoms with Crippen LogP contribution >= 0.6 is 11.6 Å². The Morgan fingerprint density at radius 1 is 1.08 bits per heavy atom. The Balaban J connectivity index is 1.90. The van der Waals surface area contributed by atoms with Gasteiger partial charge in [-0.05, 0) is 35.7 Å². The monoisotopic (exact) mass is 358 g/mol. The largest absolute Gasteiger partial charge is 0.352 e. The summed E-state index contributed by atoms with van der Waals surface area (Å²) in [7, 11) is 0. The Hall–Kier alpha value is -2.33. The molecule has 0 bridgehead atoms. The Kier molecular flexibility index (Phi) is 7.02. The van der Waals surface area contributed by atoms with Gasteiger partial charge in [0, 0.05) is 37.1 Å². The number of rotatable bonds is 7. The van der Waals surface area contributed by atoms with Gasteiger partial charge in [-0.3, -0.25) is 9.59 Å². The lowest BCUT2D eigenvalue weighted by Crippen LogP contribution is -2.33. The minimum absolute atomic E-state index is 0.0804. The molecule has 5 heteroatoms. The quantitative estimate of drug-likeness (QED) is 0.814. The van der Waals surface area contributed by atoms with Crippen LogP contribution in [0.4, 0.5) is 5.69 Å². The zero-order valence-electron chi connectivity index (χ0n) is 14.6. The highest BCUT2D eigenvalue weighted by molar-refractivity contribution is 6.31. The van der Waals surface area contributed by atoms with Gasteiger partial charge in [0.25, 0.3) is 0 Å². The van der Waals surface area contributed by atoms with Crippen LogP contribution in [-0.4, -0.2) is 18.4 Å². The van der Waals surface area contributed by atoms with E-state index in [2.05, 4.69) is 12.2 Å². The molecule has 2 aromatic rings. The van der Waals surface area contributed by atoms with Crippen molar-refractivity contribution in [1.29, 1.82) is 0 Å². The highest BCUT2D eigenvalue weighted by Gasteiger charge is 2.13. The van der Waals surface area contributed by atoms with Crippen LogP contribution in [0.15, 0.2) is 48.5 Å². The molecule has 0 radical (unpaired) electrons. The van der Waals surface area contributed by atoms with Crippen LogP contribution in [0, 0.1) is 0 Å². The van der Waals surface area contributed by atoms with Crippen molar-refractivity contribution >= 4 is 29.1 Å². The summed E-state index contributed by atoms with van der Waals surface area (Å²) in [5, 5.41) is 3.47. The van der Waals surface area contributed by atoms with E-state index in [0.29, 0.717) is 18.1 Å². The molecule has 25 heavy (non-hydrogen) atoms. The highest BCUT2D eigenvalue weighted by Crippen LogP contribution is 2.17. The molecule has 0 atom stereocenters. The van der Waals surface area contributed by atoms with Gasteiger partial charge in [0.05, 0.1) is 0 Å². The van der Waals surface area contributed by atoms with Crippen molar-refractivity contribution in [3.63, 3.8) is 0 Å². The van der Waals surface area contributed by atoms with Gasteiger partial charge in [0.15, 0.2) is 0 Å². The van der Waals surface area contributed by atoms with Crippen LogP contribution in [0.25, 0.3) is 0 Å². The number of nitrogens with one attached hydrogen (secondary N) is 1. The fourth-order valence-electron chi connectivity index (χ4n) is 2.52. The normalized spacial score (nSPS) is 10.4. The fraction of sp³-hybridized carbons (Fsp3) is 0.300. The number of halogens is 1. The highest BCUT2D eigenvalue weighted by atomic mass is 35.5. The second kappa shape index (κ2) is 9.23. The Bertz CT molecular complexity index is 729. The first-order chi connectivity index (χ1) is 12.0. The van der Waals surface area contributed by atoms with Gasteiger partial charge < -0.3 is 10.2 Å². The van der Waals surface area contributed by atoms with Gasteiger partial charge in [0.2, 0.25) is 11.8 Å². The molecule has 0 saturated heterocycles. The summed E-state index contributed by atoms with van der Waals surface area (Å²) in [6.07, 6.45) is 1.18. The molecule has 0 heterocycles. The Morgan fingerprint density at radius 2 is 1.76 bits per heavy atom. The molecule has 0 aromatic heterocycles. The molecule has 1 N–H and O–H groups in total. The molecule has 132 valence electrons. The molecule has 2 aromatic carbocycles. The predicted molar refractivity (Wildman–Crippen MR) is 102 cm³/mol. The maximum Gasteiger partial charge on any atom is 0.223 e. The molecule has 2 amide bonds. The average molecular weight is 359 g/mol. The summed E-state index contributed by atoms with van der Waals surface area (Å²) in [4.78, 5) is 25.6. The lowest BCUT2D eigenvalue weighted by atomic mass is 10.1. The number of hydrogen-bond acceptors (Lipinski definition) is 2. The van der Waals surface area contributed by atoms with E-state index >= 15 is 0 Å². The molecule has 0 aliphatic heterocycles. The zero-order chi connectivity index (χ0) is 18.2. The summed E-state index contributed by atoms with van der Waals surface area (Å²) in [5.74, 6) is -0.195. The van der Waals surface area contributed by atoms with E-state index in [1.807, 2.05) is 42.5 Å². The third-order valence-electron chi connectivity index (χ3n) is 4.03. The van der Waals surface area contributed by atoms with Crippen molar-refractivity contribution in [2.75, 3.05) is 11.4 Å². The van der Waals surface area contributed by atoms with Crippen LogP contribution in [-0.2, 0) is 22.6 Å².